The van der Waals surface area contributed by atoms with Gasteiger partial charge >= 0.3 is 0 Å². The first-order valence-corrected chi connectivity index (χ1v) is 6.23. The second-order valence-corrected chi connectivity index (χ2v) is 4.57. The van der Waals surface area contributed by atoms with Crippen molar-refractivity contribution in [2.24, 2.45) is 0 Å². The molecule has 0 aliphatic heterocycles. The zero-order chi connectivity index (χ0) is 11.2. The standard InChI is InChI=1S/C12H21N3O/c16-12-5-2-1-4-11(12)14-6-3-8-15-9-7-13-10-15/h7,9-12,14,16H,1-6,8H2. The number of nitrogens with one attached hydrogen (secondary N) is 1. The molecule has 2 unspecified atom stereocenters. The summed E-state index contributed by atoms with van der Waals surface area (Å²) in [4.78, 5) is 4.01. The van der Waals surface area contributed by atoms with Crippen LogP contribution >= 0.6 is 0 Å². The Morgan fingerprint density at radius 1 is 1.38 bits per heavy atom. The molecule has 2 atom stereocenters. The van der Waals surface area contributed by atoms with Crippen molar-refractivity contribution >= 4 is 0 Å². The molecule has 0 spiro atoms. The molecule has 1 heterocycles. The van der Waals surface area contributed by atoms with E-state index >= 15 is 0 Å². The average Bonchev–Trinajstić information content (AvgIpc) is 2.79. The van der Waals surface area contributed by atoms with Gasteiger partial charge in [0, 0.05) is 25.0 Å². The third kappa shape index (κ3) is 3.32. The van der Waals surface area contributed by atoms with Gasteiger partial charge in [-0.1, -0.05) is 12.8 Å². The predicted octanol–water partition coefficient (Wildman–Crippen LogP) is 1.17. The van der Waals surface area contributed by atoms with Crippen LogP contribution in [0.2, 0.25) is 0 Å². The van der Waals surface area contributed by atoms with Gasteiger partial charge in [-0.15, -0.1) is 0 Å². The molecule has 1 fully saturated rings. The van der Waals surface area contributed by atoms with Crippen LogP contribution in [-0.2, 0) is 6.54 Å². The zero-order valence-corrected chi connectivity index (χ0v) is 9.68. The SMILES string of the molecule is OC1CCCCC1NCCCn1ccnc1. The molecule has 0 aromatic carbocycles. The minimum absolute atomic E-state index is 0.137. The highest BCUT2D eigenvalue weighted by Crippen LogP contribution is 2.18. The van der Waals surface area contributed by atoms with Gasteiger partial charge < -0.3 is 15.0 Å². The second kappa shape index (κ2) is 6.01. The molecule has 4 nitrogen and oxygen atoms in total. The van der Waals surface area contributed by atoms with Gasteiger partial charge in [0.1, 0.15) is 0 Å². The van der Waals surface area contributed by atoms with Crippen molar-refractivity contribution in [1.82, 2.24) is 14.9 Å². The monoisotopic (exact) mass is 223 g/mol. The normalized spacial score (nSPS) is 25.8. The second-order valence-electron chi connectivity index (χ2n) is 4.57. The molecule has 4 heteroatoms. The average molecular weight is 223 g/mol. The Morgan fingerprint density at radius 3 is 3.00 bits per heavy atom. The van der Waals surface area contributed by atoms with E-state index in [1.807, 2.05) is 12.5 Å². The number of imidazole rings is 1. The molecular formula is C12H21N3O. The van der Waals surface area contributed by atoms with Gasteiger partial charge in [-0.2, -0.15) is 0 Å². The summed E-state index contributed by atoms with van der Waals surface area (Å²) in [6.45, 7) is 1.97. The van der Waals surface area contributed by atoms with Crippen molar-refractivity contribution in [1.29, 1.82) is 0 Å². The summed E-state index contributed by atoms with van der Waals surface area (Å²) in [6, 6.07) is 0.316. The van der Waals surface area contributed by atoms with Crippen molar-refractivity contribution < 1.29 is 5.11 Å². The summed E-state index contributed by atoms with van der Waals surface area (Å²) < 4.78 is 2.08. The minimum atomic E-state index is -0.137. The maximum atomic E-state index is 9.77. The predicted molar refractivity (Wildman–Crippen MR) is 63.1 cm³/mol. The molecular weight excluding hydrogens is 202 g/mol. The van der Waals surface area contributed by atoms with E-state index < -0.39 is 0 Å². The topological polar surface area (TPSA) is 50.1 Å². The number of hydrogen-bond acceptors (Lipinski definition) is 3. The number of aromatic nitrogens is 2. The summed E-state index contributed by atoms with van der Waals surface area (Å²) in [5.41, 5.74) is 0. The van der Waals surface area contributed by atoms with Crippen LogP contribution in [0.5, 0.6) is 0 Å². The lowest BCUT2D eigenvalue weighted by atomic mass is 9.92. The zero-order valence-electron chi connectivity index (χ0n) is 9.68. The lowest BCUT2D eigenvalue weighted by molar-refractivity contribution is 0.0909. The molecule has 0 radical (unpaired) electrons. The highest BCUT2D eigenvalue weighted by molar-refractivity contribution is 4.80. The molecule has 16 heavy (non-hydrogen) atoms. The first-order valence-electron chi connectivity index (χ1n) is 6.23. The van der Waals surface area contributed by atoms with E-state index in [1.54, 1.807) is 6.20 Å². The smallest absolute Gasteiger partial charge is 0.0945 e. The maximum absolute atomic E-state index is 9.77. The maximum Gasteiger partial charge on any atom is 0.0945 e. The highest BCUT2D eigenvalue weighted by atomic mass is 16.3. The number of hydrogen-bond donors (Lipinski definition) is 2. The van der Waals surface area contributed by atoms with E-state index in [2.05, 4.69) is 14.9 Å². The lowest BCUT2D eigenvalue weighted by Crippen LogP contribution is -2.42. The summed E-state index contributed by atoms with van der Waals surface area (Å²) in [7, 11) is 0. The fourth-order valence-corrected chi connectivity index (χ4v) is 2.32. The van der Waals surface area contributed by atoms with E-state index in [0.29, 0.717) is 6.04 Å². The molecule has 0 saturated heterocycles. The summed E-state index contributed by atoms with van der Waals surface area (Å²) >= 11 is 0. The molecule has 1 aromatic heterocycles. The van der Waals surface area contributed by atoms with E-state index in [1.165, 1.54) is 12.8 Å². The molecule has 90 valence electrons. The van der Waals surface area contributed by atoms with E-state index in [9.17, 15) is 5.11 Å². The third-order valence-electron chi connectivity index (χ3n) is 3.29. The highest BCUT2D eigenvalue weighted by Gasteiger charge is 2.21. The fourth-order valence-electron chi connectivity index (χ4n) is 2.32. The van der Waals surface area contributed by atoms with Gasteiger partial charge in [0.15, 0.2) is 0 Å². The van der Waals surface area contributed by atoms with E-state index in [-0.39, 0.29) is 6.10 Å². The van der Waals surface area contributed by atoms with E-state index in [0.717, 1.165) is 32.4 Å². The minimum Gasteiger partial charge on any atom is -0.392 e. The van der Waals surface area contributed by atoms with Crippen molar-refractivity contribution in [3.63, 3.8) is 0 Å². The number of aliphatic hydroxyl groups is 1. The van der Waals surface area contributed by atoms with Crippen LogP contribution in [0.15, 0.2) is 18.7 Å². The Kier molecular flexibility index (Phi) is 4.36. The van der Waals surface area contributed by atoms with Gasteiger partial charge in [0.05, 0.1) is 12.4 Å². The van der Waals surface area contributed by atoms with Crippen molar-refractivity contribution in [2.75, 3.05) is 6.54 Å². The summed E-state index contributed by atoms with van der Waals surface area (Å²) in [6.07, 6.45) is 11.1. The first-order chi connectivity index (χ1) is 7.86. The molecule has 2 rings (SSSR count). The van der Waals surface area contributed by atoms with Crippen molar-refractivity contribution in [2.45, 2.75) is 50.8 Å². The van der Waals surface area contributed by atoms with Crippen LogP contribution in [0.4, 0.5) is 0 Å². The van der Waals surface area contributed by atoms with Crippen LogP contribution in [0.3, 0.4) is 0 Å². The van der Waals surface area contributed by atoms with Crippen molar-refractivity contribution in [3.05, 3.63) is 18.7 Å². The van der Waals surface area contributed by atoms with Crippen LogP contribution in [0, 0.1) is 0 Å². The molecule has 2 N–H and O–H groups in total. The molecule has 0 amide bonds. The van der Waals surface area contributed by atoms with Crippen molar-refractivity contribution in [3.8, 4) is 0 Å². The quantitative estimate of drug-likeness (QED) is 0.737. The van der Waals surface area contributed by atoms with Gasteiger partial charge in [-0.3, -0.25) is 0 Å². The largest absolute Gasteiger partial charge is 0.392 e. The molecule has 1 aliphatic carbocycles. The third-order valence-corrected chi connectivity index (χ3v) is 3.29. The number of rotatable bonds is 5. The summed E-state index contributed by atoms with van der Waals surface area (Å²) in [5.74, 6) is 0. The van der Waals surface area contributed by atoms with Gasteiger partial charge in [-0.05, 0) is 25.8 Å². The molecule has 1 aliphatic rings. The summed E-state index contributed by atoms with van der Waals surface area (Å²) in [5, 5.41) is 13.2. The molecule has 0 bridgehead atoms. The molecule has 1 saturated carbocycles. The van der Waals surface area contributed by atoms with Crippen LogP contribution in [0.25, 0.3) is 0 Å². The van der Waals surface area contributed by atoms with Crippen LogP contribution < -0.4 is 5.32 Å². The Balaban J connectivity index is 1.60. The van der Waals surface area contributed by atoms with Crippen LogP contribution in [-0.4, -0.2) is 33.3 Å². The first kappa shape index (κ1) is 11.6. The van der Waals surface area contributed by atoms with Gasteiger partial charge in [-0.25, -0.2) is 4.98 Å². The van der Waals surface area contributed by atoms with Gasteiger partial charge in [0.25, 0.3) is 0 Å². The Labute approximate surface area is 96.7 Å². The van der Waals surface area contributed by atoms with E-state index in [4.69, 9.17) is 0 Å². The number of nitrogens with zero attached hydrogens (tertiary/aromatic N) is 2. The van der Waals surface area contributed by atoms with Crippen LogP contribution in [0.1, 0.15) is 32.1 Å². The lowest BCUT2D eigenvalue weighted by Gasteiger charge is -2.28. The fraction of sp³-hybridized carbons (Fsp3) is 0.750. The number of aliphatic hydroxyl groups excluding tert-OH is 1. The Bertz CT molecular complexity index is 286. The Morgan fingerprint density at radius 2 is 2.25 bits per heavy atom. The number of aryl methyl sites for hydroxylation is 1. The molecule has 1 aromatic rings. The Hall–Kier alpha value is -0.870. The van der Waals surface area contributed by atoms with Gasteiger partial charge in [0.2, 0.25) is 0 Å².